The highest BCUT2D eigenvalue weighted by molar-refractivity contribution is 5.73. The van der Waals surface area contributed by atoms with E-state index in [-0.39, 0.29) is 11.9 Å². The third-order valence-corrected chi connectivity index (χ3v) is 3.86. The summed E-state index contributed by atoms with van der Waals surface area (Å²) in [5, 5.41) is 2.92. The van der Waals surface area contributed by atoms with Gasteiger partial charge >= 0.3 is 0 Å². The highest BCUT2D eigenvalue weighted by Gasteiger charge is 2.05. The number of carbonyl (C=O) groups excluding carboxylic acids is 1. The molecule has 2 nitrogen and oxygen atoms in total. The van der Waals surface area contributed by atoms with E-state index in [2.05, 4.69) is 67.7 Å². The first kappa shape index (κ1) is 16.3. The molecule has 22 heavy (non-hydrogen) atoms. The van der Waals surface area contributed by atoms with E-state index in [4.69, 9.17) is 0 Å². The molecule has 0 radical (unpaired) electrons. The van der Waals surface area contributed by atoms with E-state index in [1.165, 1.54) is 22.3 Å². The lowest BCUT2D eigenvalue weighted by atomic mass is 9.97. The van der Waals surface area contributed by atoms with Crippen molar-refractivity contribution >= 4 is 5.91 Å². The van der Waals surface area contributed by atoms with Gasteiger partial charge in [0.25, 0.3) is 0 Å². The number of hydrogen-bond acceptors (Lipinski definition) is 1. The van der Waals surface area contributed by atoms with Gasteiger partial charge in [-0.2, -0.15) is 0 Å². The standard InChI is InChI=1S/C20H25NO/c1-14(2)18-9-11-20(12-10-18)19-7-5-17(6-8-19)13-15(3)21-16(4)22/h5-12,14-15H,13H2,1-4H3,(H,21,22). The van der Waals surface area contributed by atoms with Crippen molar-refractivity contribution in [1.82, 2.24) is 5.32 Å². The highest BCUT2D eigenvalue weighted by atomic mass is 16.1. The van der Waals surface area contributed by atoms with Crippen molar-refractivity contribution in [3.05, 3.63) is 59.7 Å². The van der Waals surface area contributed by atoms with Gasteiger partial charge in [-0.3, -0.25) is 4.79 Å². The van der Waals surface area contributed by atoms with Crippen molar-refractivity contribution in [2.24, 2.45) is 0 Å². The summed E-state index contributed by atoms with van der Waals surface area (Å²) in [7, 11) is 0. The Balaban J connectivity index is 2.06. The smallest absolute Gasteiger partial charge is 0.217 e. The quantitative estimate of drug-likeness (QED) is 0.861. The molecule has 0 bridgehead atoms. The van der Waals surface area contributed by atoms with Gasteiger partial charge in [0.15, 0.2) is 0 Å². The van der Waals surface area contributed by atoms with Gasteiger partial charge in [-0.05, 0) is 41.5 Å². The maximum atomic E-state index is 11.0. The van der Waals surface area contributed by atoms with E-state index in [9.17, 15) is 4.79 Å². The number of nitrogens with one attached hydrogen (secondary N) is 1. The monoisotopic (exact) mass is 295 g/mol. The second kappa shape index (κ2) is 7.26. The zero-order valence-electron chi connectivity index (χ0n) is 13.9. The molecule has 1 N–H and O–H groups in total. The third-order valence-electron chi connectivity index (χ3n) is 3.86. The first-order valence-electron chi connectivity index (χ1n) is 7.92. The van der Waals surface area contributed by atoms with Crippen LogP contribution >= 0.6 is 0 Å². The highest BCUT2D eigenvalue weighted by Crippen LogP contribution is 2.23. The molecule has 0 fully saturated rings. The molecule has 2 aromatic rings. The van der Waals surface area contributed by atoms with Crippen molar-refractivity contribution in [2.45, 2.75) is 46.1 Å². The fourth-order valence-electron chi connectivity index (χ4n) is 2.65. The molecule has 0 aliphatic carbocycles. The second-order valence-electron chi connectivity index (χ2n) is 6.28. The Morgan fingerprint density at radius 2 is 1.41 bits per heavy atom. The first-order valence-corrected chi connectivity index (χ1v) is 7.92. The Labute approximate surface area is 133 Å². The van der Waals surface area contributed by atoms with Crippen LogP contribution in [0.4, 0.5) is 0 Å². The SMILES string of the molecule is CC(=O)NC(C)Cc1ccc(-c2ccc(C(C)C)cc2)cc1. The summed E-state index contributed by atoms with van der Waals surface area (Å²) in [6.45, 7) is 8.00. The van der Waals surface area contributed by atoms with E-state index >= 15 is 0 Å². The van der Waals surface area contributed by atoms with E-state index in [1.807, 2.05) is 6.92 Å². The molecule has 2 heteroatoms. The van der Waals surface area contributed by atoms with E-state index < -0.39 is 0 Å². The zero-order valence-corrected chi connectivity index (χ0v) is 13.9. The van der Waals surface area contributed by atoms with E-state index in [0.717, 1.165) is 6.42 Å². The van der Waals surface area contributed by atoms with Gasteiger partial charge in [0.2, 0.25) is 5.91 Å². The maximum absolute atomic E-state index is 11.0. The van der Waals surface area contributed by atoms with Crippen molar-refractivity contribution in [3.63, 3.8) is 0 Å². The van der Waals surface area contributed by atoms with Gasteiger partial charge in [0, 0.05) is 13.0 Å². The van der Waals surface area contributed by atoms with Gasteiger partial charge < -0.3 is 5.32 Å². The fraction of sp³-hybridized carbons (Fsp3) is 0.350. The van der Waals surface area contributed by atoms with Crippen molar-refractivity contribution < 1.29 is 4.79 Å². The summed E-state index contributed by atoms with van der Waals surface area (Å²) < 4.78 is 0. The lowest BCUT2D eigenvalue weighted by molar-refractivity contribution is -0.119. The molecule has 0 aliphatic heterocycles. The molecular weight excluding hydrogens is 270 g/mol. The molecule has 1 unspecified atom stereocenters. The number of carbonyl (C=O) groups is 1. The lowest BCUT2D eigenvalue weighted by Gasteiger charge is -2.13. The van der Waals surface area contributed by atoms with Crippen LogP contribution in [0.2, 0.25) is 0 Å². The summed E-state index contributed by atoms with van der Waals surface area (Å²) in [5.74, 6) is 0.584. The minimum absolute atomic E-state index is 0.0226. The molecule has 2 aromatic carbocycles. The molecule has 0 saturated carbocycles. The molecular formula is C20H25NO. The third kappa shape index (κ3) is 4.45. The van der Waals surface area contributed by atoms with Crippen LogP contribution in [-0.2, 0) is 11.2 Å². The molecule has 2 rings (SSSR count). The Bertz CT molecular complexity index is 611. The lowest BCUT2D eigenvalue weighted by Crippen LogP contribution is -2.31. The number of hydrogen-bond donors (Lipinski definition) is 1. The molecule has 0 aliphatic rings. The van der Waals surface area contributed by atoms with Crippen LogP contribution in [0.3, 0.4) is 0 Å². The van der Waals surface area contributed by atoms with Gasteiger partial charge in [-0.15, -0.1) is 0 Å². The normalized spacial score (nSPS) is 12.2. The van der Waals surface area contributed by atoms with Gasteiger partial charge in [0.1, 0.15) is 0 Å². The van der Waals surface area contributed by atoms with Gasteiger partial charge in [0.05, 0.1) is 0 Å². The van der Waals surface area contributed by atoms with Crippen LogP contribution in [0.1, 0.15) is 44.7 Å². The Morgan fingerprint density at radius 3 is 1.86 bits per heavy atom. The topological polar surface area (TPSA) is 29.1 Å². The molecule has 116 valence electrons. The fourth-order valence-corrected chi connectivity index (χ4v) is 2.65. The van der Waals surface area contributed by atoms with Crippen LogP contribution in [0.5, 0.6) is 0 Å². The number of rotatable bonds is 5. The molecule has 1 amide bonds. The number of amides is 1. The summed E-state index contributed by atoms with van der Waals surface area (Å²) >= 11 is 0. The van der Waals surface area contributed by atoms with Gasteiger partial charge in [-0.1, -0.05) is 62.4 Å². The van der Waals surface area contributed by atoms with Crippen LogP contribution in [-0.4, -0.2) is 11.9 Å². The average molecular weight is 295 g/mol. The van der Waals surface area contributed by atoms with Crippen LogP contribution in [0.15, 0.2) is 48.5 Å². The molecule has 0 saturated heterocycles. The minimum atomic E-state index is 0.0226. The van der Waals surface area contributed by atoms with Crippen molar-refractivity contribution in [1.29, 1.82) is 0 Å². The number of benzene rings is 2. The van der Waals surface area contributed by atoms with E-state index in [1.54, 1.807) is 6.92 Å². The minimum Gasteiger partial charge on any atom is -0.354 e. The van der Waals surface area contributed by atoms with Crippen LogP contribution in [0, 0.1) is 0 Å². The Kier molecular flexibility index (Phi) is 5.37. The predicted molar refractivity (Wildman–Crippen MR) is 92.9 cm³/mol. The van der Waals surface area contributed by atoms with Gasteiger partial charge in [-0.25, -0.2) is 0 Å². The maximum Gasteiger partial charge on any atom is 0.217 e. The largest absolute Gasteiger partial charge is 0.354 e. The van der Waals surface area contributed by atoms with Crippen molar-refractivity contribution in [3.8, 4) is 11.1 Å². The summed E-state index contributed by atoms with van der Waals surface area (Å²) in [6.07, 6.45) is 0.853. The van der Waals surface area contributed by atoms with Crippen LogP contribution < -0.4 is 5.32 Å². The van der Waals surface area contributed by atoms with E-state index in [0.29, 0.717) is 5.92 Å². The Hall–Kier alpha value is -2.09. The summed E-state index contributed by atoms with van der Waals surface area (Å²) in [4.78, 5) is 11.0. The molecule has 1 atom stereocenters. The summed E-state index contributed by atoms with van der Waals surface area (Å²) in [5.41, 5.74) is 5.07. The van der Waals surface area contributed by atoms with Crippen molar-refractivity contribution in [2.75, 3.05) is 0 Å². The molecule has 0 spiro atoms. The predicted octanol–water partition coefficient (Wildman–Crippen LogP) is 4.54. The second-order valence-corrected chi connectivity index (χ2v) is 6.28. The zero-order chi connectivity index (χ0) is 16.1. The summed E-state index contributed by atoms with van der Waals surface area (Å²) in [6, 6.07) is 17.5. The van der Waals surface area contributed by atoms with Crippen LogP contribution in [0.25, 0.3) is 11.1 Å². The Morgan fingerprint density at radius 1 is 0.909 bits per heavy atom. The molecule has 0 aromatic heterocycles. The average Bonchev–Trinajstić information content (AvgIpc) is 2.47. The first-order chi connectivity index (χ1) is 10.5. The molecule has 0 heterocycles.